The lowest BCUT2D eigenvalue weighted by Gasteiger charge is -2.26. The van der Waals surface area contributed by atoms with Crippen molar-refractivity contribution >= 4 is 5.91 Å². The average Bonchev–Trinajstić information content (AvgIpc) is 2.70. The van der Waals surface area contributed by atoms with Crippen molar-refractivity contribution in [3.05, 3.63) is 23.8 Å². The lowest BCUT2D eigenvalue weighted by atomic mass is 10.0. The van der Waals surface area contributed by atoms with Gasteiger partial charge in [-0.2, -0.15) is 0 Å². The van der Waals surface area contributed by atoms with Crippen LogP contribution in [0.5, 0.6) is 0 Å². The second-order valence-electron chi connectivity index (χ2n) is 5.48. The Morgan fingerprint density at radius 2 is 2.21 bits per heavy atom. The molecule has 104 valence electrons. The zero-order valence-electron chi connectivity index (χ0n) is 11.6. The first-order valence-corrected chi connectivity index (χ1v) is 6.35. The Kier molecular flexibility index (Phi) is 3.82. The number of nitrogens with zero attached hydrogens (tertiary/aromatic N) is 4. The smallest absolute Gasteiger partial charge is 0.274 e. The summed E-state index contributed by atoms with van der Waals surface area (Å²) in [5.74, 6) is -0.165. The van der Waals surface area contributed by atoms with Crippen molar-refractivity contribution in [2.24, 2.45) is 0 Å². The molecule has 6 heteroatoms. The van der Waals surface area contributed by atoms with Crippen LogP contribution in [-0.4, -0.2) is 70.1 Å². The number of likely N-dealkylation sites (tertiary alicyclic amines) is 1. The molecule has 0 radical (unpaired) electrons. The summed E-state index contributed by atoms with van der Waals surface area (Å²) in [7, 11) is 3.82. The Hall–Kier alpha value is -1.53. The number of hydrogen-bond acceptors (Lipinski definition) is 5. The quantitative estimate of drug-likeness (QED) is 0.827. The third-order valence-electron chi connectivity index (χ3n) is 3.23. The van der Waals surface area contributed by atoms with E-state index in [4.69, 9.17) is 0 Å². The number of aromatic nitrogens is 2. The SMILES string of the molecule is Cc1cnc(C(=O)N2CCC(O)(CN(C)C)C2)cn1. The summed E-state index contributed by atoms with van der Waals surface area (Å²) >= 11 is 0. The zero-order chi connectivity index (χ0) is 14.0. The Morgan fingerprint density at radius 1 is 1.47 bits per heavy atom. The molecule has 0 spiro atoms. The lowest BCUT2D eigenvalue weighted by molar-refractivity contribution is 0.0235. The minimum atomic E-state index is -0.822. The van der Waals surface area contributed by atoms with E-state index < -0.39 is 5.60 Å². The average molecular weight is 264 g/mol. The third kappa shape index (κ3) is 3.27. The molecule has 1 aromatic heterocycles. The van der Waals surface area contributed by atoms with Gasteiger partial charge in [0.25, 0.3) is 5.91 Å². The van der Waals surface area contributed by atoms with Gasteiger partial charge in [0.05, 0.1) is 24.0 Å². The van der Waals surface area contributed by atoms with Crippen molar-refractivity contribution in [1.29, 1.82) is 0 Å². The second-order valence-corrected chi connectivity index (χ2v) is 5.48. The molecule has 1 aliphatic heterocycles. The van der Waals surface area contributed by atoms with Crippen molar-refractivity contribution in [3.8, 4) is 0 Å². The first kappa shape index (κ1) is 13.9. The molecule has 6 nitrogen and oxygen atoms in total. The van der Waals surface area contributed by atoms with E-state index in [1.807, 2.05) is 25.9 Å². The zero-order valence-corrected chi connectivity index (χ0v) is 11.6. The molecule has 2 heterocycles. The minimum absolute atomic E-state index is 0.165. The molecule has 19 heavy (non-hydrogen) atoms. The highest BCUT2D eigenvalue weighted by molar-refractivity contribution is 5.92. The van der Waals surface area contributed by atoms with Crippen molar-refractivity contribution in [2.45, 2.75) is 18.9 Å². The highest BCUT2D eigenvalue weighted by Crippen LogP contribution is 2.23. The van der Waals surface area contributed by atoms with Crippen LogP contribution in [0.4, 0.5) is 0 Å². The molecular formula is C13H20N4O2. The van der Waals surface area contributed by atoms with Crippen molar-refractivity contribution in [1.82, 2.24) is 19.8 Å². The van der Waals surface area contributed by atoms with Crippen molar-refractivity contribution in [3.63, 3.8) is 0 Å². The molecule has 1 saturated heterocycles. The number of carbonyl (C=O) groups is 1. The van der Waals surface area contributed by atoms with Gasteiger partial charge in [-0.25, -0.2) is 4.98 Å². The van der Waals surface area contributed by atoms with Crippen LogP contribution in [0.3, 0.4) is 0 Å². The largest absolute Gasteiger partial charge is 0.387 e. The summed E-state index contributed by atoms with van der Waals surface area (Å²) < 4.78 is 0. The fraction of sp³-hybridized carbons (Fsp3) is 0.615. The molecule has 1 aromatic rings. The van der Waals surface area contributed by atoms with Crippen LogP contribution in [0.1, 0.15) is 22.6 Å². The molecule has 1 fully saturated rings. The fourth-order valence-electron chi connectivity index (χ4n) is 2.41. The summed E-state index contributed by atoms with van der Waals surface area (Å²) in [6.07, 6.45) is 3.66. The van der Waals surface area contributed by atoms with E-state index in [-0.39, 0.29) is 5.91 Å². The molecular weight excluding hydrogens is 244 g/mol. The molecule has 1 N–H and O–H groups in total. The van der Waals surface area contributed by atoms with E-state index in [2.05, 4.69) is 9.97 Å². The third-order valence-corrected chi connectivity index (χ3v) is 3.23. The first-order valence-electron chi connectivity index (χ1n) is 6.35. The van der Waals surface area contributed by atoms with Crippen LogP contribution >= 0.6 is 0 Å². The monoisotopic (exact) mass is 264 g/mol. The van der Waals surface area contributed by atoms with E-state index in [1.54, 1.807) is 11.1 Å². The summed E-state index contributed by atoms with van der Waals surface area (Å²) in [5.41, 5.74) is 0.291. The van der Waals surface area contributed by atoms with E-state index in [9.17, 15) is 9.90 Å². The van der Waals surface area contributed by atoms with Gasteiger partial charge in [-0.3, -0.25) is 9.78 Å². The second kappa shape index (κ2) is 5.22. The normalized spacial score (nSPS) is 23.1. The Bertz CT molecular complexity index is 460. The van der Waals surface area contributed by atoms with E-state index >= 15 is 0 Å². The standard InChI is InChI=1S/C13H20N4O2/c1-10-6-15-11(7-14-10)12(18)17-5-4-13(19,9-17)8-16(2)3/h6-7,19H,4-5,8-9H2,1-3H3. The number of rotatable bonds is 3. The van der Waals surface area contributed by atoms with Gasteiger partial charge >= 0.3 is 0 Å². The molecule has 2 rings (SSSR count). The summed E-state index contributed by atoms with van der Waals surface area (Å²) in [5, 5.41) is 10.4. The molecule has 0 aromatic carbocycles. The maximum absolute atomic E-state index is 12.2. The Labute approximate surface area is 113 Å². The van der Waals surface area contributed by atoms with Crippen LogP contribution in [0.15, 0.2) is 12.4 Å². The highest BCUT2D eigenvalue weighted by atomic mass is 16.3. The van der Waals surface area contributed by atoms with E-state index in [0.717, 1.165) is 5.69 Å². The summed E-state index contributed by atoms with van der Waals surface area (Å²) in [6, 6.07) is 0. The predicted octanol–water partition coefficient (Wildman–Crippen LogP) is -0.0764. The first-order chi connectivity index (χ1) is 8.89. The van der Waals surface area contributed by atoms with Gasteiger partial charge in [-0.1, -0.05) is 0 Å². The summed E-state index contributed by atoms with van der Waals surface area (Å²) in [6.45, 7) is 3.28. The van der Waals surface area contributed by atoms with Gasteiger partial charge in [0, 0.05) is 19.3 Å². The lowest BCUT2D eigenvalue weighted by Crippen LogP contribution is -2.43. The number of β-amino-alcohol motifs (C(OH)–C–C–N with tert-alkyl or cyclic N) is 1. The Morgan fingerprint density at radius 3 is 2.79 bits per heavy atom. The van der Waals surface area contributed by atoms with Crippen LogP contribution in [-0.2, 0) is 0 Å². The highest BCUT2D eigenvalue weighted by Gasteiger charge is 2.39. The van der Waals surface area contributed by atoms with Crippen LogP contribution in [0, 0.1) is 6.92 Å². The molecule has 0 bridgehead atoms. The van der Waals surface area contributed by atoms with E-state index in [0.29, 0.717) is 31.7 Å². The van der Waals surface area contributed by atoms with Gasteiger partial charge in [-0.15, -0.1) is 0 Å². The van der Waals surface area contributed by atoms with Crippen LogP contribution < -0.4 is 0 Å². The van der Waals surface area contributed by atoms with Gasteiger partial charge in [0.1, 0.15) is 5.69 Å². The van der Waals surface area contributed by atoms with Gasteiger partial charge in [0.2, 0.25) is 0 Å². The number of aliphatic hydroxyl groups is 1. The van der Waals surface area contributed by atoms with Gasteiger partial charge in [0.15, 0.2) is 0 Å². The van der Waals surface area contributed by atoms with Crippen molar-refractivity contribution in [2.75, 3.05) is 33.7 Å². The van der Waals surface area contributed by atoms with E-state index in [1.165, 1.54) is 6.20 Å². The van der Waals surface area contributed by atoms with Crippen LogP contribution in [0.2, 0.25) is 0 Å². The van der Waals surface area contributed by atoms with Gasteiger partial charge in [-0.05, 0) is 27.4 Å². The van der Waals surface area contributed by atoms with Gasteiger partial charge < -0.3 is 14.9 Å². The molecule has 1 amide bonds. The summed E-state index contributed by atoms with van der Waals surface area (Å²) in [4.78, 5) is 24.0. The minimum Gasteiger partial charge on any atom is -0.387 e. The molecule has 1 aliphatic rings. The maximum atomic E-state index is 12.2. The molecule has 1 unspecified atom stereocenters. The molecule has 0 aliphatic carbocycles. The molecule has 1 atom stereocenters. The predicted molar refractivity (Wildman–Crippen MR) is 70.8 cm³/mol. The van der Waals surface area contributed by atoms with Crippen LogP contribution in [0.25, 0.3) is 0 Å². The fourth-order valence-corrected chi connectivity index (χ4v) is 2.41. The Balaban J connectivity index is 2.04. The topological polar surface area (TPSA) is 69.6 Å². The number of likely N-dealkylation sites (N-methyl/N-ethyl adjacent to an activating group) is 1. The van der Waals surface area contributed by atoms with Crippen molar-refractivity contribution < 1.29 is 9.90 Å². The molecule has 0 saturated carbocycles. The number of hydrogen-bond donors (Lipinski definition) is 1. The maximum Gasteiger partial charge on any atom is 0.274 e. The number of carbonyl (C=O) groups excluding carboxylic acids is 1. The number of amides is 1. The number of aryl methyl sites for hydroxylation is 1.